The minimum atomic E-state index is -1.79. The molecule has 1 aromatic carbocycles. The van der Waals surface area contributed by atoms with Gasteiger partial charge in [0.1, 0.15) is 29.3 Å². The summed E-state index contributed by atoms with van der Waals surface area (Å²) in [6, 6.07) is 2.22. The fourth-order valence-electron chi connectivity index (χ4n) is 2.83. The van der Waals surface area contributed by atoms with Gasteiger partial charge in [0, 0.05) is 12.5 Å². The number of hydrogen-bond donors (Lipinski definition) is 5. The van der Waals surface area contributed by atoms with Crippen molar-refractivity contribution < 1.29 is 44.6 Å². The molecule has 0 aliphatic carbocycles. The molecule has 1 aliphatic rings. The van der Waals surface area contributed by atoms with Gasteiger partial charge in [-0.2, -0.15) is 0 Å². The number of aliphatic hydroxyl groups is 3. The maximum absolute atomic E-state index is 12.3. The highest BCUT2D eigenvalue weighted by atomic mass is 16.6. The van der Waals surface area contributed by atoms with Crippen molar-refractivity contribution in [2.24, 2.45) is 0 Å². The third-order valence-electron chi connectivity index (χ3n) is 4.16. The van der Waals surface area contributed by atoms with Gasteiger partial charge in [-0.3, -0.25) is 0 Å². The Labute approximate surface area is 143 Å². The lowest BCUT2D eigenvalue weighted by atomic mass is 9.90. The number of aromatic hydroxyl groups is 2. The number of rotatable bonds is 5. The fraction of sp³-hybridized carbons (Fsp3) is 0.500. The Morgan fingerprint density at radius 3 is 2.56 bits per heavy atom. The normalized spacial score (nSPS) is 25.3. The van der Waals surface area contributed by atoms with Gasteiger partial charge in [0.2, 0.25) is 0 Å². The molecule has 0 aromatic heterocycles. The molecule has 1 saturated heterocycles. The Morgan fingerprint density at radius 1 is 1.44 bits per heavy atom. The third kappa shape index (κ3) is 3.53. The number of aryl methyl sites for hydroxylation is 1. The van der Waals surface area contributed by atoms with E-state index in [1.165, 1.54) is 19.9 Å². The smallest absolute Gasteiger partial charge is 0.342 e. The molecule has 1 aromatic rings. The zero-order valence-corrected chi connectivity index (χ0v) is 13.7. The molecule has 0 amide bonds. The Morgan fingerprint density at radius 2 is 2.08 bits per heavy atom. The highest BCUT2D eigenvalue weighted by molar-refractivity contribution is 5.94. The molecule has 1 heterocycles. The number of carbonyl (C=O) groups is 2. The first-order valence-corrected chi connectivity index (χ1v) is 7.54. The molecule has 5 N–H and O–H groups in total. The van der Waals surface area contributed by atoms with Gasteiger partial charge in [0.05, 0.1) is 6.61 Å². The lowest BCUT2D eigenvalue weighted by molar-refractivity contribution is -0.176. The van der Waals surface area contributed by atoms with E-state index in [4.69, 9.17) is 9.47 Å². The number of aliphatic hydroxyl groups excluding tert-OH is 3. The number of ether oxygens (including phenoxy) is 2. The summed E-state index contributed by atoms with van der Waals surface area (Å²) >= 11 is 0. The number of benzene rings is 1. The van der Waals surface area contributed by atoms with Gasteiger partial charge < -0.3 is 35.0 Å². The molecule has 25 heavy (non-hydrogen) atoms. The van der Waals surface area contributed by atoms with Crippen LogP contribution in [0.1, 0.15) is 29.3 Å². The van der Waals surface area contributed by atoms with Crippen LogP contribution in [0.15, 0.2) is 12.1 Å². The number of esters is 2. The van der Waals surface area contributed by atoms with Crippen LogP contribution < -0.4 is 0 Å². The van der Waals surface area contributed by atoms with Crippen LogP contribution in [0.5, 0.6) is 11.5 Å². The summed E-state index contributed by atoms with van der Waals surface area (Å²) in [7, 11) is 0. The van der Waals surface area contributed by atoms with E-state index < -0.39 is 48.2 Å². The van der Waals surface area contributed by atoms with Crippen LogP contribution in [-0.4, -0.2) is 68.0 Å². The van der Waals surface area contributed by atoms with E-state index in [0.717, 1.165) is 6.07 Å². The van der Waals surface area contributed by atoms with Crippen LogP contribution in [0.25, 0.3) is 0 Å². The second-order valence-corrected chi connectivity index (χ2v) is 6.08. The highest BCUT2D eigenvalue weighted by Gasteiger charge is 2.53. The van der Waals surface area contributed by atoms with E-state index in [0.29, 0.717) is 0 Å². The second kappa shape index (κ2) is 6.87. The van der Waals surface area contributed by atoms with Crippen molar-refractivity contribution in [2.45, 2.75) is 44.2 Å². The van der Waals surface area contributed by atoms with E-state index in [1.807, 2.05) is 0 Å². The number of phenols is 2. The van der Waals surface area contributed by atoms with Crippen LogP contribution >= 0.6 is 0 Å². The average molecular weight is 356 g/mol. The van der Waals surface area contributed by atoms with Crippen molar-refractivity contribution in [3.63, 3.8) is 0 Å². The van der Waals surface area contributed by atoms with Gasteiger partial charge in [0.25, 0.3) is 0 Å². The van der Waals surface area contributed by atoms with Crippen molar-refractivity contribution in [3.05, 3.63) is 23.3 Å². The summed E-state index contributed by atoms with van der Waals surface area (Å²) < 4.78 is 9.98. The molecule has 2 rings (SSSR count). The van der Waals surface area contributed by atoms with Gasteiger partial charge >= 0.3 is 11.9 Å². The maximum Gasteiger partial charge on any atom is 0.342 e. The van der Waals surface area contributed by atoms with Crippen LogP contribution in [0.2, 0.25) is 0 Å². The molecular formula is C16H20O9. The van der Waals surface area contributed by atoms with Crippen molar-refractivity contribution in [2.75, 3.05) is 6.61 Å². The molecule has 0 bridgehead atoms. The first kappa shape index (κ1) is 19.0. The Kier molecular flexibility index (Phi) is 5.21. The molecule has 138 valence electrons. The van der Waals surface area contributed by atoms with Gasteiger partial charge in [-0.1, -0.05) is 0 Å². The predicted molar refractivity (Wildman–Crippen MR) is 81.9 cm³/mol. The van der Waals surface area contributed by atoms with Gasteiger partial charge in [-0.05, 0) is 25.5 Å². The number of hydrogen-bond acceptors (Lipinski definition) is 9. The number of carbonyl (C=O) groups excluding carboxylic acids is 2. The summed E-state index contributed by atoms with van der Waals surface area (Å²) in [6.07, 6.45) is -4.69. The summed E-state index contributed by atoms with van der Waals surface area (Å²) in [5, 5.41) is 48.5. The molecule has 1 aliphatic heterocycles. The lowest BCUT2D eigenvalue weighted by Crippen LogP contribution is -2.52. The fourth-order valence-corrected chi connectivity index (χ4v) is 2.83. The molecular weight excluding hydrogens is 336 g/mol. The van der Waals surface area contributed by atoms with Gasteiger partial charge in [-0.15, -0.1) is 0 Å². The highest BCUT2D eigenvalue weighted by Crippen LogP contribution is 2.33. The molecule has 4 atom stereocenters. The van der Waals surface area contributed by atoms with Crippen molar-refractivity contribution in [1.29, 1.82) is 0 Å². The van der Waals surface area contributed by atoms with Crippen LogP contribution in [-0.2, 0) is 14.3 Å². The first-order chi connectivity index (χ1) is 11.6. The summed E-state index contributed by atoms with van der Waals surface area (Å²) in [5.74, 6) is -2.69. The van der Waals surface area contributed by atoms with Crippen LogP contribution in [0.4, 0.5) is 0 Å². The van der Waals surface area contributed by atoms with Crippen molar-refractivity contribution in [1.82, 2.24) is 0 Å². The number of phenolic OH excluding ortho intramolecular Hbond substituents is 2. The second-order valence-electron chi connectivity index (χ2n) is 6.08. The van der Waals surface area contributed by atoms with Gasteiger partial charge in [-0.25, -0.2) is 9.59 Å². The zero-order chi connectivity index (χ0) is 18.9. The average Bonchev–Trinajstić information content (AvgIpc) is 2.81. The van der Waals surface area contributed by atoms with Crippen LogP contribution in [0.3, 0.4) is 0 Å². The third-order valence-corrected chi connectivity index (χ3v) is 4.16. The molecule has 0 spiro atoms. The van der Waals surface area contributed by atoms with Crippen LogP contribution in [0, 0.1) is 6.92 Å². The minimum absolute atomic E-state index is 0.196. The summed E-state index contributed by atoms with van der Waals surface area (Å²) in [5.41, 5.74) is -1.73. The molecule has 0 unspecified atom stereocenters. The number of cyclic esters (lactones) is 1. The SMILES string of the molecule is Cc1cc(O)cc(O)c1C(=O)O[C@@H](C)[C@H](O)[C@@]1(CO)C[C@@H](O)C(=O)O1. The summed E-state index contributed by atoms with van der Waals surface area (Å²) in [6.45, 7) is 2.01. The molecule has 0 radical (unpaired) electrons. The Bertz CT molecular complexity index is 663. The predicted octanol–water partition coefficient (Wildman–Crippen LogP) is -0.649. The summed E-state index contributed by atoms with van der Waals surface area (Å²) in [4.78, 5) is 23.6. The van der Waals surface area contributed by atoms with E-state index in [2.05, 4.69) is 0 Å². The van der Waals surface area contributed by atoms with Gasteiger partial charge in [0.15, 0.2) is 11.7 Å². The topological polar surface area (TPSA) is 154 Å². The van der Waals surface area contributed by atoms with E-state index in [-0.39, 0.29) is 23.3 Å². The molecule has 9 nitrogen and oxygen atoms in total. The largest absolute Gasteiger partial charge is 0.508 e. The van der Waals surface area contributed by atoms with Crippen molar-refractivity contribution >= 4 is 11.9 Å². The van der Waals surface area contributed by atoms with Crippen molar-refractivity contribution in [3.8, 4) is 11.5 Å². The maximum atomic E-state index is 12.3. The van der Waals surface area contributed by atoms with E-state index >= 15 is 0 Å². The first-order valence-electron chi connectivity index (χ1n) is 7.54. The molecule has 1 fully saturated rings. The zero-order valence-electron chi connectivity index (χ0n) is 13.7. The minimum Gasteiger partial charge on any atom is -0.508 e. The monoisotopic (exact) mass is 356 g/mol. The molecule has 9 heteroatoms. The molecule has 0 saturated carbocycles. The Balaban J connectivity index is 2.17. The standard InChI is InChI=1S/C16H20O9/c1-7-3-9(18)4-10(19)12(7)15(23)24-8(2)13(21)16(6-17)5-11(20)14(22)25-16/h3-4,8,11,13,17-21H,5-6H2,1-2H3/t8-,11+,13-,16-/m0/s1. The van der Waals surface area contributed by atoms with E-state index in [1.54, 1.807) is 0 Å². The van der Waals surface area contributed by atoms with E-state index in [9.17, 15) is 35.1 Å². The Hall–Kier alpha value is -2.36. The quantitative estimate of drug-likeness (QED) is 0.433. The lowest BCUT2D eigenvalue weighted by Gasteiger charge is -2.33.